The van der Waals surface area contributed by atoms with Gasteiger partial charge >= 0.3 is 0 Å². The molecule has 1 saturated carbocycles. The first-order chi connectivity index (χ1) is 11.7. The smallest absolute Gasteiger partial charge is 0.272 e. The summed E-state index contributed by atoms with van der Waals surface area (Å²) < 4.78 is 12.8. The van der Waals surface area contributed by atoms with Crippen molar-refractivity contribution < 1.29 is 14.3 Å². The van der Waals surface area contributed by atoms with Crippen molar-refractivity contribution in [3.05, 3.63) is 30.2 Å². The third-order valence-corrected chi connectivity index (χ3v) is 6.27. The molecule has 2 saturated heterocycles. The molecule has 4 heterocycles. The van der Waals surface area contributed by atoms with Crippen molar-refractivity contribution in [2.75, 3.05) is 26.9 Å². The number of carbonyl (C=O) groups is 1. The highest BCUT2D eigenvalue weighted by atomic mass is 16.5. The van der Waals surface area contributed by atoms with Gasteiger partial charge in [-0.25, -0.2) is 4.98 Å². The van der Waals surface area contributed by atoms with Crippen LogP contribution in [0.2, 0.25) is 0 Å². The molecule has 6 nitrogen and oxygen atoms in total. The molecule has 2 aromatic heterocycles. The van der Waals surface area contributed by atoms with Crippen molar-refractivity contribution in [1.29, 1.82) is 0 Å². The third-order valence-electron chi connectivity index (χ3n) is 6.27. The van der Waals surface area contributed by atoms with E-state index >= 15 is 0 Å². The lowest BCUT2D eigenvalue weighted by molar-refractivity contribution is 0.0448. The zero-order valence-corrected chi connectivity index (χ0v) is 13.8. The van der Waals surface area contributed by atoms with Crippen LogP contribution in [0.1, 0.15) is 29.8 Å². The highest BCUT2D eigenvalue weighted by Crippen LogP contribution is 2.55. The number of hydrogen-bond donors (Lipinski definition) is 0. The van der Waals surface area contributed by atoms with Crippen molar-refractivity contribution >= 4 is 11.6 Å². The molecule has 1 spiro atoms. The third kappa shape index (κ3) is 1.80. The van der Waals surface area contributed by atoms with Crippen LogP contribution >= 0.6 is 0 Å². The van der Waals surface area contributed by atoms with Crippen molar-refractivity contribution in [2.24, 2.45) is 11.3 Å². The second-order valence-electron chi connectivity index (χ2n) is 7.30. The molecular weight excluding hydrogens is 306 g/mol. The van der Waals surface area contributed by atoms with Gasteiger partial charge in [-0.15, -0.1) is 0 Å². The molecule has 0 unspecified atom stereocenters. The summed E-state index contributed by atoms with van der Waals surface area (Å²) >= 11 is 0. The Morgan fingerprint density at radius 1 is 1.42 bits per heavy atom. The van der Waals surface area contributed by atoms with Crippen molar-refractivity contribution in [1.82, 2.24) is 14.3 Å². The molecule has 1 aliphatic carbocycles. The minimum atomic E-state index is 0.0666. The Morgan fingerprint density at radius 3 is 3.04 bits per heavy atom. The van der Waals surface area contributed by atoms with Crippen LogP contribution in [-0.4, -0.2) is 53.1 Å². The summed E-state index contributed by atoms with van der Waals surface area (Å²) in [7, 11) is 1.63. The summed E-state index contributed by atoms with van der Waals surface area (Å²) in [6, 6.07) is 3.92. The predicted molar refractivity (Wildman–Crippen MR) is 87.2 cm³/mol. The second-order valence-corrected chi connectivity index (χ2v) is 7.30. The Hall–Kier alpha value is -2.08. The number of hydrogen-bond acceptors (Lipinski definition) is 4. The van der Waals surface area contributed by atoms with Gasteiger partial charge in [0.25, 0.3) is 5.91 Å². The standard InChI is InChI=1S/C18H21N3O3/c1-23-12-3-6-20-14(8-19-16(20)7-12)17(22)21-11-18(4-2-5-18)13-9-24-10-15(13)21/h3,6-8,13,15H,2,4-5,9-11H2,1H3/t13-,15+/m1/s1. The normalized spacial score (nSPS) is 27.5. The summed E-state index contributed by atoms with van der Waals surface area (Å²) in [5.41, 5.74) is 1.66. The zero-order valence-electron chi connectivity index (χ0n) is 13.8. The van der Waals surface area contributed by atoms with E-state index in [4.69, 9.17) is 9.47 Å². The molecule has 0 bridgehead atoms. The number of amides is 1. The molecule has 24 heavy (non-hydrogen) atoms. The van der Waals surface area contributed by atoms with E-state index in [0.29, 0.717) is 23.6 Å². The highest BCUT2D eigenvalue weighted by molar-refractivity contribution is 5.94. The van der Waals surface area contributed by atoms with E-state index in [1.165, 1.54) is 19.3 Å². The molecule has 3 fully saturated rings. The Labute approximate surface area is 140 Å². The van der Waals surface area contributed by atoms with Crippen LogP contribution in [0, 0.1) is 11.3 Å². The largest absolute Gasteiger partial charge is 0.497 e. The molecule has 126 valence electrons. The predicted octanol–water partition coefficient (Wildman–Crippen LogP) is 1.98. The Balaban J connectivity index is 1.50. The number of carbonyl (C=O) groups excluding carboxylic acids is 1. The SMILES string of the molecule is COc1ccn2c(C(=O)N3CC4(CCC4)[C@@H]4COC[C@@H]43)cnc2c1. The summed E-state index contributed by atoms with van der Waals surface area (Å²) in [6.07, 6.45) is 7.26. The van der Waals surface area contributed by atoms with Crippen molar-refractivity contribution in [3.63, 3.8) is 0 Å². The number of rotatable bonds is 2. The van der Waals surface area contributed by atoms with Crippen LogP contribution in [0.25, 0.3) is 5.65 Å². The quantitative estimate of drug-likeness (QED) is 0.846. The maximum atomic E-state index is 13.2. The van der Waals surface area contributed by atoms with E-state index in [1.807, 2.05) is 27.6 Å². The molecule has 2 aromatic rings. The number of ether oxygens (including phenoxy) is 2. The van der Waals surface area contributed by atoms with Crippen LogP contribution in [0.15, 0.2) is 24.5 Å². The summed E-state index contributed by atoms with van der Waals surface area (Å²) in [5.74, 6) is 1.32. The fraction of sp³-hybridized carbons (Fsp3) is 0.556. The van der Waals surface area contributed by atoms with Gasteiger partial charge in [-0.2, -0.15) is 0 Å². The number of fused-ring (bicyclic) bond motifs is 3. The fourth-order valence-electron chi connectivity index (χ4n) is 4.79. The lowest BCUT2D eigenvalue weighted by Gasteiger charge is -2.41. The molecule has 2 atom stereocenters. The molecule has 2 aliphatic heterocycles. The van der Waals surface area contributed by atoms with Gasteiger partial charge in [-0.3, -0.25) is 9.20 Å². The Kier molecular flexibility index (Phi) is 2.95. The molecule has 0 aromatic carbocycles. The highest BCUT2D eigenvalue weighted by Gasteiger charge is 2.58. The number of nitrogens with zero attached hydrogens (tertiary/aromatic N) is 3. The van der Waals surface area contributed by atoms with Crippen LogP contribution in [-0.2, 0) is 4.74 Å². The first-order valence-corrected chi connectivity index (χ1v) is 8.62. The van der Waals surface area contributed by atoms with Gasteiger partial charge in [-0.1, -0.05) is 6.42 Å². The second kappa shape index (κ2) is 4.96. The van der Waals surface area contributed by atoms with Crippen molar-refractivity contribution in [3.8, 4) is 5.75 Å². The summed E-state index contributed by atoms with van der Waals surface area (Å²) in [5, 5.41) is 0. The topological polar surface area (TPSA) is 56.1 Å². The van der Waals surface area contributed by atoms with E-state index in [1.54, 1.807) is 13.3 Å². The van der Waals surface area contributed by atoms with Gasteiger partial charge < -0.3 is 14.4 Å². The van der Waals surface area contributed by atoms with Crippen LogP contribution in [0.4, 0.5) is 0 Å². The summed E-state index contributed by atoms with van der Waals surface area (Å²) in [6.45, 7) is 2.34. The first kappa shape index (κ1) is 14.3. The van der Waals surface area contributed by atoms with E-state index in [2.05, 4.69) is 4.98 Å². The summed E-state index contributed by atoms with van der Waals surface area (Å²) in [4.78, 5) is 19.7. The average Bonchev–Trinajstić information content (AvgIpc) is 3.25. The van der Waals surface area contributed by atoms with Gasteiger partial charge in [0.05, 0.1) is 32.6 Å². The first-order valence-electron chi connectivity index (χ1n) is 8.62. The number of aromatic nitrogens is 2. The molecule has 0 radical (unpaired) electrons. The van der Waals surface area contributed by atoms with Gasteiger partial charge in [0.2, 0.25) is 0 Å². The molecule has 0 N–H and O–H groups in total. The molecular formula is C18H21N3O3. The molecule has 3 aliphatic rings. The van der Waals surface area contributed by atoms with E-state index in [0.717, 1.165) is 24.5 Å². The lowest BCUT2D eigenvalue weighted by atomic mass is 9.62. The van der Waals surface area contributed by atoms with Crippen LogP contribution in [0.3, 0.4) is 0 Å². The monoisotopic (exact) mass is 327 g/mol. The minimum absolute atomic E-state index is 0.0666. The van der Waals surface area contributed by atoms with Gasteiger partial charge in [0, 0.05) is 24.7 Å². The lowest BCUT2D eigenvalue weighted by Crippen LogP contribution is -2.40. The Bertz CT molecular complexity index is 811. The van der Waals surface area contributed by atoms with Crippen LogP contribution in [0.5, 0.6) is 5.75 Å². The Morgan fingerprint density at radius 2 is 2.29 bits per heavy atom. The maximum absolute atomic E-state index is 13.2. The van der Waals surface area contributed by atoms with Crippen LogP contribution < -0.4 is 4.74 Å². The molecule has 5 rings (SSSR count). The van der Waals surface area contributed by atoms with E-state index in [-0.39, 0.29) is 11.9 Å². The fourth-order valence-corrected chi connectivity index (χ4v) is 4.79. The van der Waals surface area contributed by atoms with E-state index in [9.17, 15) is 4.79 Å². The molecule has 6 heteroatoms. The zero-order chi connectivity index (χ0) is 16.3. The van der Waals surface area contributed by atoms with E-state index < -0.39 is 0 Å². The number of pyridine rings is 1. The van der Waals surface area contributed by atoms with Gasteiger partial charge in [0.15, 0.2) is 0 Å². The van der Waals surface area contributed by atoms with Crippen molar-refractivity contribution in [2.45, 2.75) is 25.3 Å². The maximum Gasteiger partial charge on any atom is 0.272 e. The average molecular weight is 327 g/mol. The molecule has 1 amide bonds. The number of imidazole rings is 1. The van der Waals surface area contributed by atoms with Gasteiger partial charge in [-0.05, 0) is 24.3 Å². The minimum Gasteiger partial charge on any atom is -0.497 e. The van der Waals surface area contributed by atoms with Gasteiger partial charge in [0.1, 0.15) is 17.1 Å². The number of methoxy groups -OCH3 is 1. The number of likely N-dealkylation sites (tertiary alicyclic amines) is 1.